The van der Waals surface area contributed by atoms with Crippen molar-refractivity contribution in [1.82, 2.24) is 9.97 Å². The molecule has 4 aromatic carbocycles. The van der Waals surface area contributed by atoms with Crippen LogP contribution >= 0.6 is 0 Å². The van der Waals surface area contributed by atoms with Gasteiger partial charge in [0.05, 0.1) is 5.58 Å². The Balaban J connectivity index is 0.000000233. The molecule has 3 aromatic heterocycles. The number of nitrogens with zero attached hydrogens (tertiary/aromatic N) is 2. The molecule has 3 nitrogen and oxygen atoms in total. The molecule has 7 aromatic rings. The third-order valence-corrected chi connectivity index (χ3v) is 14.0. The van der Waals surface area contributed by atoms with Gasteiger partial charge in [-0.2, -0.15) is 0 Å². The molecule has 8 rings (SSSR count). The predicted molar refractivity (Wildman–Crippen MR) is 208 cm³/mol. The predicted octanol–water partition coefficient (Wildman–Crippen LogP) is 11.8. The van der Waals surface area contributed by atoms with Crippen molar-refractivity contribution in [3.8, 4) is 33.6 Å². The molecule has 5 heteroatoms. The Kier molecular flexibility index (Phi) is 9.66. The number of hydrogen-bond donors (Lipinski definition) is 0. The van der Waals surface area contributed by atoms with Crippen LogP contribution in [-0.2, 0) is 20.1 Å². The molecular formula is C45H44GeIrN2O-2. The first-order valence-corrected chi connectivity index (χ1v) is 24.5. The van der Waals surface area contributed by atoms with Gasteiger partial charge in [-0.05, 0) is 53.6 Å². The second-order valence-corrected chi connectivity index (χ2v) is 24.6. The summed E-state index contributed by atoms with van der Waals surface area (Å²) < 4.78 is 41.8. The number of fused-ring (bicyclic) bond motifs is 3. The van der Waals surface area contributed by atoms with Crippen LogP contribution in [0, 0.1) is 25.0 Å². The summed E-state index contributed by atoms with van der Waals surface area (Å²) in [5, 5.41) is 1.95. The van der Waals surface area contributed by atoms with E-state index in [4.69, 9.17) is 8.53 Å². The van der Waals surface area contributed by atoms with E-state index in [-0.39, 0.29) is 26.0 Å². The Morgan fingerprint density at radius 3 is 2.34 bits per heavy atom. The summed E-state index contributed by atoms with van der Waals surface area (Å²) >= 11 is -1.77. The largest absolute Gasteiger partial charge is 0.501 e. The molecule has 50 heavy (non-hydrogen) atoms. The van der Waals surface area contributed by atoms with Crippen molar-refractivity contribution >= 4 is 39.6 Å². The minimum Gasteiger partial charge on any atom is -0.501 e. The summed E-state index contributed by atoms with van der Waals surface area (Å²) in [7, 11) is 0. The first-order chi connectivity index (χ1) is 25.3. The molecular weight excluding hydrogens is 849 g/mol. The number of aryl methyl sites for hydroxylation is 1. The number of hydrogen-bond acceptors (Lipinski definition) is 3. The standard InChI is InChI=1S/C30H26NO.C15H18GeN.Ir/c1-20(21-8-5-6-9-21)23-16-17-31-28(18-23)27-13-7-12-26-25-15-14-24(19-29(25)32-30(26)27)22-10-3-2-4-11-22;1-12-10-15(13-8-6-5-7-9-13)17-11-14(12)16(2,3)4;/h2-4,7,10-12,14-21H,5-6,8-9H2,1H3;5-8,10-11H,1-4H3;/q2*-1;/i1D3,20D;;. The van der Waals surface area contributed by atoms with Gasteiger partial charge in [0.25, 0.3) is 0 Å². The van der Waals surface area contributed by atoms with Crippen molar-refractivity contribution in [2.75, 3.05) is 0 Å². The summed E-state index contributed by atoms with van der Waals surface area (Å²) in [6.07, 6.45) is 7.14. The summed E-state index contributed by atoms with van der Waals surface area (Å²) in [5.41, 5.74) is 8.81. The molecule has 0 saturated heterocycles. The zero-order valence-corrected chi connectivity index (χ0v) is 33.5. The minimum absolute atomic E-state index is 0. The Morgan fingerprint density at radius 1 is 0.820 bits per heavy atom. The van der Waals surface area contributed by atoms with E-state index < -0.39 is 26.0 Å². The third kappa shape index (κ3) is 7.73. The van der Waals surface area contributed by atoms with E-state index in [1.165, 1.54) is 9.96 Å². The zero-order chi connectivity index (χ0) is 37.4. The summed E-state index contributed by atoms with van der Waals surface area (Å²) in [4.78, 5) is 9.15. The van der Waals surface area contributed by atoms with Crippen LogP contribution in [0.25, 0.3) is 55.6 Å². The summed E-state index contributed by atoms with van der Waals surface area (Å²) in [6.45, 7) is -0.247. The van der Waals surface area contributed by atoms with E-state index in [0.29, 0.717) is 22.4 Å². The van der Waals surface area contributed by atoms with Gasteiger partial charge >= 0.3 is 106 Å². The SMILES string of the molecule is Cc1cc(-c2[c-]cccc2)nc[c]1[Ge]([CH3])([CH3])[CH3].[2H]C([2H])([2H])C([2H])(c1ccnc(-c2[c-]ccc3c2oc2cc(-c4ccccc4)ccc23)c1)C1CCCC1.[Ir]. The Hall–Kier alpha value is -3.83. The molecule has 0 N–H and O–H groups in total. The van der Waals surface area contributed by atoms with E-state index in [9.17, 15) is 1.37 Å². The molecule has 0 bridgehead atoms. The summed E-state index contributed by atoms with van der Waals surface area (Å²) in [5.74, 6) is 5.32. The minimum atomic E-state index is -2.44. The van der Waals surface area contributed by atoms with Crippen LogP contribution in [0.15, 0.2) is 120 Å². The second-order valence-electron chi connectivity index (χ2n) is 14.0. The van der Waals surface area contributed by atoms with Crippen molar-refractivity contribution in [3.63, 3.8) is 0 Å². The Bertz CT molecular complexity index is 2370. The molecule has 0 amide bonds. The van der Waals surface area contributed by atoms with Crippen molar-refractivity contribution in [2.45, 2.75) is 62.6 Å². The van der Waals surface area contributed by atoms with E-state index in [1.807, 2.05) is 54.6 Å². The number of benzene rings is 4. The maximum absolute atomic E-state index is 9.20. The van der Waals surface area contributed by atoms with Crippen LogP contribution in [0.3, 0.4) is 0 Å². The van der Waals surface area contributed by atoms with Crippen LogP contribution in [0.2, 0.25) is 17.3 Å². The number of aromatic nitrogens is 2. The molecule has 1 saturated carbocycles. The number of furan rings is 1. The first kappa shape index (κ1) is 31.0. The van der Waals surface area contributed by atoms with Gasteiger partial charge in [0.1, 0.15) is 5.58 Å². The quantitative estimate of drug-likeness (QED) is 0.123. The molecule has 1 atom stereocenters. The maximum Gasteiger partial charge on any atom is 0.121 e. The molecule has 0 aliphatic heterocycles. The number of rotatable bonds is 6. The Morgan fingerprint density at radius 2 is 1.62 bits per heavy atom. The fourth-order valence-electron chi connectivity index (χ4n) is 6.97. The number of pyridine rings is 2. The maximum atomic E-state index is 9.20. The van der Waals surface area contributed by atoms with Crippen molar-refractivity contribution in [1.29, 1.82) is 0 Å². The van der Waals surface area contributed by atoms with Crippen LogP contribution < -0.4 is 4.40 Å². The third-order valence-electron chi connectivity index (χ3n) is 9.53. The molecule has 1 radical (unpaired) electrons. The monoisotopic (exact) mass is 899 g/mol. The van der Waals surface area contributed by atoms with Crippen molar-refractivity contribution < 1.29 is 30.0 Å². The second kappa shape index (κ2) is 15.6. The normalized spacial score (nSPS) is 15.9. The fraction of sp³-hybridized carbons (Fsp3) is 0.244. The average Bonchev–Trinajstić information content (AvgIpc) is 3.83. The van der Waals surface area contributed by atoms with E-state index in [2.05, 4.69) is 88.9 Å². The van der Waals surface area contributed by atoms with Crippen LogP contribution in [0.5, 0.6) is 0 Å². The van der Waals surface area contributed by atoms with Gasteiger partial charge in [0, 0.05) is 37.2 Å². The molecule has 1 unspecified atom stereocenters. The molecule has 1 fully saturated rings. The van der Waals surface area contributed by atoms with Gasteiger partial charge in [0.15, 0.2) is 0 Å². The Labute approximate surface area is 318 Å². The molecule has 1 aliphatic carbocycles. The topological polar surface area (TPSA) is 38.9 Å². The van der Waals surface area contributed by atoms with Crippen LogP contribution in [0.1, 0.15) is 55.0 Å². The van der Waals surface area contributed by atoms with Gasteiger partial charge in [-0.1, -0.05) is 84.7 Å². The van der Waals surface area contributed by atoms with Gasteiger partial charge < -0.3 is 9.40 Å². The van der Waals surface area contributed by atoms with Gasteiger partial charge in [-0.3, -0.25) is 0 Å². The molecule has 1 aliphatic rings. The van der Waals surface area contributed by atoms with Crippen molar-refractivity contribution in [2.24, 2.45) is 5.92 Å². The molecule has 0 spiro atoms. The van der Waals surface area contributed by atoms with Crippen LogP contribution in [0.4, 0.5) is 0 Å². The van der Waals surface area contributed by atoms with E-state index in [0.717, 1.165) is 64.4 Å². The summed E-state index contributed by atoms with van der Waals surface area (Å²) in [6, 6.07) is 40.3. The van der Waals surface area contributed by atoms with Gasteiger partial charge in [0.2, 0.25) is 0 Å². The smallest absolute Gasteiger partial charge is 0.121 e. The molecule has 255 valence electrons. The van der Waals surface area contributed by atoms with Crippen LogP contribution in [-0.4, -0.2) is 23.2 Å². The average molecular weight is 898 g/mol. The van der Waals surface area contributed by atoms with Crippen molar-refractivity contribution in [3.05, 3.63) is 139 Å². The first-order valence-electron chi connectivity index (χ1n) is 19.2. The fourth-order valence-corrected chi connectivity index (χ4v) is 10.5. The van der Waals surface area contributed by atoms with Gasteiger partial charge in [-0.25, -0.2) is 0 Å². The van der Waals surface area contributed by atoms with Gasteiger partial charge in [-0.15, -0.1) is 18.2 Å². The zero-order valence-electron chi connectivity index (χ0n) is 33.0. The molecule has 3 heterocycles. The van der Waals surface area contributed by atoms with E-state index >= 15 is 0 Å². The van der Waals surface area contributed by atoms with E-state index in [1.54, 1.807) is 18.3 Å².